The average molecular weight is 376 g/mol. The number of rotatable bonds is 7. The number of halogens is 1. The summed E-state index contributed by atoms with van der Waals surface area (Å²) in [4.78, 5) is 11.3. The molecule has 0 aliphatic rings. The van der Waals surface area contributed by atoms with Crippen LogP contribution in [0.1, 0.15) is 6.92 Å². The topological polar surface area (TPSA) is 35.5 Å². The molecule has 0 aliphatic carbocycles. The Kier molecular flexibility index (Phi) is 6.22. The highest BCUT2D eigenvalue weighted by Gasteiger charge is 2.08. The van der Waals surface area contributed by atoms with Crippen molar-refractivity contribution in [3.05, 3.63) is 90.8 Å². The van der Waals surface area contributed by atoms with Gasteiger partial charge in [-0.1, -0.05) is 61.2 Å². The molecule has 3 aromatic carbocycles. The van der Waals surface area contributed by atoms with Gasteiger partial charge in [-0.05, 0) is 41.8 Å². The van der Waals surface area contributed by atoms with Crippen molar-refractivity contribution in [2.24, 2.45) is 0 Å². The third kappa shape index (κ3) is 4.86. The van der Waals surface area contributed by atoms with E-state index in [0.717, 1.165) is 16.7 Å². The zero-order valence-corrected chi connectivity index (χ0v) is 15.7. The molecule has 4 heteroatoms. The van der Waals surface area contributed by atoms with Gasteiger partial charge in [0.1, 0.15) is 24.8 Å². The first kappa shape index (κ1) is 19.4. The Balaban J connectivity index is 1.63. The average Bonchev–Trinajstić information content (AvgIpc) is 2.72. The molecule has 0 saturated carbocycles. The van der Waals surface area contributed by atoms with Gasteiger partial charge < -0.3 is 9.47 Å². The lowest BCUT2D eigenvalue weighted by Crippen LogP contribution is -2.12. The number of esters is 1. The van der Waals surface area contributed by atoms with Gasteiger partial charge in [-0.3, -0.25) is 0 Å². The second-order valence-corrected chi connectivity index (χ2v) is 6.35. The summed E-state index contributed by atoms with van der Waals surface area (Å²) in [6, 6.07) is 22.0. The van der Waals surface area contributed by atoms with Gasteiger partial charge in [0, 0.05) is 11.1 Å². The van der Waals surface area contributed by atoms with Gasteiger partial charge in [-0.25, -0.2) is 9.18 Å². The third-order valence-electron chi connectivity index (χ3n) is 4.18. The minimum atomic E-state index is -0.431. The first-order valence-corrected chi connectivity index (χ1v) is 8.95. The Morgan fingerprint density at radius 1 is 0.893 bits per heavy atom. The molecule has 0 unspecified atom stereocenters. The first-order valence-electron chi connectivity index (χ1n) is 8.95. The van der Waals surface area contributed by atoms with Gasteiger partial charge in [0.05, 0.1) is 0 Å². The zero-order chi connectivity index (χ0) is 19.9. The van der Waals surface area contributed by atoms with Crippen LogP contribution in [-0.4, -0.2) is 19.2 Å². The largest absolute Gasteiger partial charge is 0.490 e. The molecule has 0 radical (unpaired) electrons. The van der Waals surface area contributed by atoms with Gasteiger partial charge in [0.15, 0.2) is 0 Å². The molecule has 142 valence electrons. The molecule has 0 fully saturated rings. The van der Waals surface area contributed by atoms with Crippen molar-refractivity contribution in [2.75, 3.05) is 13.2 Å². The second kappa shape index (κ2) is 9.00. The van der Waals surface area contributed by atoms with Crippen molar-refractivity contribution >= 4 is 5.97 Å². The molecular formula is C24H21FO3. The molecule has 0 atom stereocenters. The number of carbonyl (C=O) groups excluding carboxylic acids is 1. The van der Waals surface area contributed by atoms with Gasteiger partial charge in [-0.15, -0.1) is 0 Å². The monoisotopic (exact) mass is 376 g/mol. The quantitative estimate of drug-likeness (QED) is 0.303. The van der Waals surface area contributed by atoms with E-state index in [0.29, 0.717) is 16.9 Å². The van der Waals surface area contributed by atoms with Crippen molar-refractivity contribution < 1.29 is 18.7 Å². The van der Waals surface area contributed by atoms with Crippen molar-refractivity contribution in [3.63, 3.8) is 0 Å². The molecule has 0 heterocycles. The minimum absolute atomic E-state index is 0.152. The molecule has 3 nitrogen and oxygen atoms in total. The van der Waals surface area contributed by atoms with Gasteiger partial charge in [0.2, 0.25) is 0 Å². The Hall–Kier alpha value is -3.40. The SMILES string of the molecule is C=C(C)C(=O)OCCOc1ccc(-c2ccc(-c3ccccc3)c(F)c2)cc1. The molecule has 3 rings (SSSR count). The van der Waals surface area contributed by atoms with E-state index in [4.69, 9.17) is 9.47 Å². The highest BCUT2D eigenvalue weighted by molar-refractivity contribution is 5.86. The fraction of sp³-hybridized carbons (Fsp3) is 0.125. The van der Waals surface area contributed by atoms with Crippen LogP contribution in [0.15, 0.2) is 84.9 Å². The summed E-state index contributed by atoms with van der Waals surface area (Å²) in [7, 11) is 0. The van der Waals surface area contributed by atoms with Gasteiger partial charge >= 0.3 is 5.97 Å². The van der Waals surface area contributed by atoms with Crippen LogP contribution < -0.4 is 4.74 Å². The minimum Gasteiger partial charge on any atom is -0.490 e. The number of hydrogen-bond acceptors (Lipinski definition) is 3. The smallest absolute Gasteiger partial charge is 0.333 e. The van der Waals surface area contributed by atoms with Crippen molar-refractivity contribution in [3.8, 4) is 28.0 Å². The zero-order valence-electron chi connectivity index (χ0n) is 15.7. The molecule has 0 spiro atoms. The normalized spacial score (nSPS) is 10.4. The number of hydrogen-bond donors (Lipinski definition) is 0. The standard InChI is InChI=1S/C24H21FO3/c1-17(2)24(26)28-15-14-27-21-11-8-18(9-12-21)20-10-13-22(23(25)16-20)19-6-4-3-5-7-19/h3-13,16H,1,14-15H2,2H3. The van der Waals surface area contributed by atoms with Crippen LogP contribution in [0.25, 0.3) is 22.3 Å². The van der Waals surface area contributed by atoms with Crippen LogP contribution in [0.2, 0.25) is 0 Å². The van der Waals surface area contributed by atoms with Crippen LogP contribution in [0.5, 0.6) is 5.75 Å². The van der Waals surface area contributed by atoms with E-state index >= 15 is 0 Å². The highest BCUT2D eigenvalue weighted by Crippen LogP contribution is 2.28. The fourth-order valence-corrected chi connectivity index (χ4v) is 2.71. The predicted molar refractivity (Wildman–Crippen MR) is 109 cm³/mol. The first-order chi connectivity index (χ1) is 13.5. The van der Waals surface area contributed by atoms with E-state index in [-0.39, 0.29) is 19.0 Å². The summed E-state index contributed by atoms with van der Waals surface area (Å²) in [5.41, 5.74) is 3.46. The molecule has 3 aromatic rings. The lowest BCUT2D eigenvalue weighted by atomic mass is 9.99. The molecule has 0 aliphatic heterocycles. The second-order valence-electron chi connectivity index (χ2n) is 6.35. The van der Waals surface area contributed by atoms with Crippen LogP contribution in [0.4, 0.5) is 4.39 Å². The van der Waals surface area contributed by atoms with Crippen molar-refractivity contribution in [2.45, 2.75) is 6.92 Å². The van der Waals surface area contributed by atoms with Crippen molar-refractivity contribution in [1.29, 1.82) is 0 Å². The summed E-state index contributed by atoms with van der Waals surface area (Å²) < 4.78 is 25.1. The lowest BCUT2D eigenvalue weighted by Gasteiger charge is -2.09. The van der Waals surface area contributed by atoms with Crippen LogP contribution in [0.3, 0.4) is 0 Å². The molecular weight excluding hydrogens is 355 g/mol. The molecule has 0 amide bonds. The maximum Gasteiger partial charge on any atom is 0.333 e. The Labute approximate surface area is 164 Å². The molecule has 28 heavy (non-hydrogen) atoms. The highest BCUT2D eigenvalue weighted by atomic mass is 19.1. The lowest BCUT2D eigenvalue weighted by molar-refractivity contribution is -0.139. The van der Waals surface area contributed by atoms with E-state index in [1.165, 1.54) is 6.07 Å². The third-order valence-corrected chi connectivity index (χ3v) is 4.18. The maximum atomic E-state index is 14.6. The van der Waals surface area contributed by atoms with Crippen LogP contribution >= 0.6 is 0 Å². The number of ether oxygens (including phenoxy) is 2. The van der Waals surface area contributed by atoms with E-state index < -0.39 is 5.97 Å². The molecule has 0 N–H and O–H groups in total. The van der Waals surface area contributed by atoms with Gasteiger partial charge in [0.25, 0.3) is 0 Å². The van der Waals surface area contributed by atoms with Crippen LogP contribution in [-0.2, 0) is 9.53 Å². The van der Waals surface area contributed by atoms with Crippen LogP contribution in [0, 0.1) is 5.82 Å². The summed E-state index contributed by atoms with van der Waals surface area (Å²) >= 11 is 0. The van der Waals surface area contributed by atoms with Crippen molar-refractivity contribution in [1.82, 2.24) is 0 Å². The summed E-state index contributed by atoms with van der Waals surface area (Å²) in [6.07, 6.45) is 0. The summed E-state index contributed by atoms with van der Waals surface area (Å²) in [6.45, 7) is 5.51. The van der Waals surface area contributed by atoms with Gasteiger partial charge in [-0.2, -0.15) is 0 Å². The Morgan fingerprint density at radius 3 is 2.21 bits per heavy atom. The predicted octanol–water partition coefficient (Wildman–Crippen LogP) is 5.66. The molecule has 0 aromatic heterocycles. The number of benzene rings is 3. The Morgan fingerprint density at radius 2 is 1.57 bits per heavy atom. The van der Waals surface area contributed by atoms with E-state index in [1.54, 1.807) is 25.1 Å². The van der Waals surface area contributed by atoms with E-state index in [9.17, 15) is 9.18 Å². The molecule has 0 bridgehead atoms. The maximum absolute atomic E-state index is 14.6. The van der Waals surface area contributed by atoms with E-state index in [1.807, 2.05) is 48.5 Å². The molecule has 0 saturated heterocycles. The fourth-order valence-electron chi connectivity index (χ4n) is 2.71. The summed E-state index contributed by atoms with van der Waals surface area (Å²) in [5.74, 6) is -0.0419. The van der Waals surface area contributed by atoms with E-state index in [2.05, 4.69) is 6.58 Å². The Bertz CT molecular complexity index is 963. The summed E-state index contributed by atoms with van der Waals surface area (Å²) in [5, 5.41) is 0. The number of carbonyl (C=O) groups is 1.